The minimum atomic E-state index is 0.180. The zero-order valence-corrected chi connectivity index (χ0v) is 12.1. The van der Waals surface area contributed by atoms with E-state index in [1.54, 1.807) is 0 Å². The molecule has 1 aromatic heterocycles. The molecule has 3 nitrogen and oxygen atoms in total. The summed E-state index contributed by atoms with van der Waals surface area (Å²) in [5.41, 5.74) is 6.01. The first-order chi connectivity index (χ1) is 8.72. The molecule has 1 unspecified atom stereocenters. The Kier molecular flexibility index (Phi) is 4.55. The topological polar surface area (TPSA) is 50.9 Å². The summed E-state index contributed by atoms with van der Waals surface area (Å²) in [6.07, 6.45) is 3.96. The van der Waals surface area contributed by atoms with E-state index in [2.05, 4.69) is 39.2 Å². The SMILES string of the molecule is CCCC(N)CNc1nccc2c(Br)cccc12. The van der Waals surface area contributed by atoms with E-state index < -0.39 is 0 Å². The average molecular weight is 308 g/mol. The molecule has 1 aromatic carbocycles. The van der Waals surface area contributed by atoms with Crippen molar-refractivity contribution in [3.63, 3.8) is 0 Å². The first kappa shape index (κ1) is 13.3. The van der Waals surface area contributed by atoms with Crippen molar-refractivity contribution in [3.8, 4) is 0 Å². The van der Waals surface area contributed by atoms with Crippen molar-refractivity contribution in [2.75, 3.05) is 11.9 Å². The van der Waals surface area contributed by atoms with E-state index in [4.69, 9.17) is 5.73 Å². The molecule has 2 aromatic rings. The molecule has 0 saturated heterocycles. The molecule has 0 spiro atoms. The Morgan fingerprint density at radius 2 is 2.17 bits per heavy atom. The van der Waals surface area contributed by atoms with Gasteiger partial charge >= 0.3 is 0 Å². The van der Waals surface area contributed by atoms with Crippen molar-refractivity contribution in [3.05, 3.63) is 34.9 Å². The molecule has 0 fully saturated rings. The highest BCUT2D eigenvalue weighted by Gasteiger charge is 2.06. The predicted octanol–water partition coefficient (Wildman–Crippen LogP) is 3.54. The van der Waals surface area contributed by atoms with E-state index in [1.807, 2.05) is 24.4 Å². The summed E-state index contributed by atoms with van der Waals surface area (Å²) in [4.78, 5) is 4.39. The number of hydrogen-bond donors (Lipinski definition) is 2. The minimum Gasteiger partial charge on any atom is -0.368 e. The molecule has 0 radical (unpaired) electrons. The van der Waals surface area contributed by atoms with E-state index in [1.165, 1.54) is 5.39 Å². The van der Waals surface area contributed by atoms with Gasteiger partial charge in [0.2, 0.25) is 0 Å². The highest BCUT2D eigenvalue weighted by atomic mass is 79.9. The van der Waals surface area contributed by atoms with Gasteiger partial charge in [-0.15, -0.1) is 0 Å². The lowest BCUT2D eigenvalue weighted by molar-refractivity contribution is 0.626. The lowest BCUT2D eigenvalue weighted by Crippen LogP contribution is -2.29. The zero-order valence-electron chi connectivity index (χ0n) is 10.5. The van der Waals surface area contributed by atoms with Crippen LogP contribution in [0.5, 0.6) is 0 Å². The van der Waals surface area contributed by atoms with Crippen molar-refractivity contribution in [1.82, 2.24) is 4.98 Å². The van der Waals surface area contributed by atoms with Gasteiger partial charge in [-0.1, -0.05) is 41.4 Å². The maximum atomic E-state index is 6.01. The van der Waals surface area contributed by atoms with E-state index >= 15 is 0 Å². The van der Waals surface area contributed by atoms with E-state index in [0.29, 0.717) is 0 Å². The second-order valence-corrected chi connectivity index (χ2v) is 5.28. The van der Waals surface area contributed by atoms with Crippen LogP contribution in [-0.4, -0.2) is 17.6 Å². The smallest absolute Gasteiger partial charge is 0.133 e. The molecule has 0 amide bonds. The van der Waals surface area contributed by atoms with Gasteiger partial charge in [0.05, 0.1) is 0 Å². The molecule has 18 heavy (non-hydrogen) atoms. The van der Waals surface area contributed by atoms with E-state index in [-0.39, 0.29) is 6.04 Å². The lowest BCUT2D eigenvalue weighted by atomic mass is 10.1. The quantitative estimate of drug-likeness (QED) is 0.888. The normalized spacial score (nSPS) is 12.6. The number of benzene rings is 1. The van der Waals surface area contributed by atoms with Crippen LogP contribution in [0.2, 0.25) is 0 Å². The highest BCUT2D eigenvalue weighted by molar-refractivity contribution is 9.10. The number of hydrogen-bond acceptors (Lipinski definition) is 3. The molecule has 96 valence electrons. The monoisotopic (exact) mass is 307 g/mol. The Labute approximate surface area is 116 Å². The highest BCUT2D eigenvalue weighted by Crippen LogP contribution is 2.27. The van der Waals surface area contributed by atoms with Crippen LogP contribution in [0.15, 0.2) is 34.9 Å². The van der Waals surface area contributed by atoms with Gasteiger partial charge in [-0.2, -0.15) is 0 Å². The van der Waals surface area contributed by atoms with Gasteiger partial charge in [0.25, 0.3) is 0 Å². The molecule has 2 rings (SSSR count). The summed E-state index contributed by atoms with van der Waals surface area (Å²) in [6, 6.07) is 8.32. The number of aromatic nitrogens is 1. The summed E-state index contributed by atoms with van der Waals surface area (Å²) in [5.74, 6) is 0.903. The van der Waals surface area contributed by atoms with E-state index in [0.717, 1.165) is 35.1 Å². The van der Waals surface area contributed by atoms with Gasteiger partial charge < -0.3 is 11.1 Å². The van der Waals surface area contributed by atoms with Crippen LogP contribution in [-0.2, 0) is 0 Å². The Hall–Kier alpha value is -1.13. The fourth-order valence-corrected chi connectivity index (χ4v) is 2.51. The maximum Gasteiger partial charge on any atom is 0.133 e. The first-order valence-corrected chi connectivity index (χ1v) is 7.04. The van der Waals surface area contributed by atoms with Gasteiger partial charge in [-0.3, -0.25) is 0 Å². The summed E-state index contributed by atoms with van der Waals surface area (Å²) in [6.45, 7) is 2.90. The van der Waals surface area contributed by atoms with Crippen LogP contribution in [0, 0.1) is 0 Å². The predicted molar refractivity (Wildman–Crippen MR) is 80.8 cm³/mol. The number of halogens is 1. The Morgan fingerprint density at radius 3 is 2.94 bits per heavy atom. The Morgan fingerprint density at radius 1 is 1.33 bits per heavy atom. The molecular formula is C14H18BrN3. The fraction of sp³-hybridized carbons (Fsp3) is 0.357. The van der Waals surface area contributed by atoms with Crippen molar-refractivity contribution < 1.29 is 0 Å². The molecule has 0 bridgehead atoms. The van der Waals surface area contributed by atoms with Gasteiger partial charge in [0, 0.05) is 34.0 Å². The molecule has 1 atom stereocenters. The number of rotatable bonds is 5. The van der Waals surface area contributed by atoms with Crippen LogP contribution in [0.4, 0.5) is 5.82 Å². The molecule has 0 aliphatic carbocycles. The van der Waals surface area contributed by atoms with Crippen LogP contribution in [0.3, 0.4) is 0 Å². The standard InChI is InChI=1S/C14H18BrN3/c1-2-4-10(16)9-18-14-12-5-3-6-13(15)11(12)7-8-17-14/h3,5-8,10H,2,4,9,16H2,1H3,(H,17,18). The average Bonchev–Trinajstić information content (AvgIpc) is 2.37. The molecular weight excluding hydrogens is 290 g/mol. The second-order valence-electron chi connectivity index (χ2n) is 4.42. The molecule has 1 heterocycles. The minimum absolute atomic E-state index is 0.180. The van der Waals surface area contributed by atoms with Gasteiger partial charge in [-0.25, -0.2) is 4.98 Å². The number of nitrogens with zero attached hydrogens (tertiary/aromatic N) is 1. The Balaban J connectivity index is 2.21. The maximum absolute atomic E-state index is 6.01. The van der Waals surface area contributed by atoms with Crippen LogP contribution >= 0.6 is 15.9 Å². The number of pyridine rings is 1. The number of nitrogens with two attached hydrogens (primary N) is 1. The molecule has 0 aliphatic rings. The van der Waals surface area contributed by atoms with E-state index in [9.17, 15) is 0 Å². The number of nitrogens with one attached hydrogen (secondary N) is 1. The molecule has 0 saturated carbocycles. The summed E-state index contributed by atoms with van der Waals surface area (Å²) in [5, 5.41) is 5.63. The third-order valence-corrected chi connectivity index (χ3v) is 3.64. The van der Waals surface area contributed by atoms with Crippen LogP contribution < -0.4 is 11.1 Å². The van der Waals surface area contributed by atoms with Crippen molar-refractivity contribution >= 4 is 32.5 Å². The van der Waals surface area contributed by atoms with Crippen molar-refractivity contribution in [1.29, 1.82) is 0 Å². The van der Waals surface area contributed by atoms with Crippen molar-refractivity contribution in [2.24, 2.45) is 5.73 Å². The number of anilines is 1. The van der Waals surface area contributed by atoms with Crippen molar-refractivity contribution in [2.45, 2.75) is 25.8 Å². The van der Waals surface area contributed by atoms with Crippen LogP contribution in [0.1, 0.15) is 19.8 Å². The molecule has 4 heteroatoms. The summed E-state index contributed by atoms with van der Waals surface area (Å²) < 4.78 is 1.09. The Bertz CT molecular complexity index is 527. The number of fused-ring (bicyclic) bond motifs is 1. The summed E-state index contributed by atoms with van der Waals surface area (Å²) in [7, 11) is 0. The molecule has 3 N–H and O–H groups in total. The van der Waals surface area contributed by atoms with Crippen LogP contribution in [0.25, 0.3) is 10.8 Å². The fourth-order valence-electron chi connectivity index (χ4n) is 2.01. The van der Waals surface area contributed by atoms with Gasteiger partial charge in [-0.05, 0) is 18.6 Å². The largest absolute Gasteiger partial charge is 0.368 e. The zero-order chi connectivity index (χ0) is 13.0. The third kappa shape index (κ3) is 3.00. The summed E-state index contributed by atoms with van der Waals surface area (Å²) >= 11 is 3.56. The lowest BCUT2D eigenvalue weighted by Gasteiger charge is -2.13. The molecule has 0 aliphatic heterocycles. The van der Waals surface area contributed by atoms with Gasteiger partial charge in [0.15, 0.2) is 0 Å². The first-order valence-electron chi connectivity index (χ1n) is 6.25. The van der Waals surface area contributed by atoms with Gasteiger partial charge in [0.1, 0.15) is 5.82 Å². The third-order valence-electron chi connectivity index (χ3n) is 2.94. The second kappa shape index (κ2) is 6.16.